The molecule has 86 valence electrons. The fraction of sp³-hybridized carbons (Fsp3) is 0.667. The molecular formula is C12H22N2S. The first-order valence-electron chi connectivity index (χ1n) is 5.51. The molecule has 1 heterocycles. The summed E-state index contributed by atoms with van der Waals surface area (Å²) in [6, 6.07) is 4.75. The molecule has 1 aromatic heterocycles. The summed E-state index contributed by atoms with van der Waals surface area (Å²) in [6.45, 7) is 10.8. The Morgan fingerprint density at radius 1 is 1.33 bits per heavy atom. The van der Waals surface area contributed by atoms with Crippen molar-refractivity contribution in [3.8, 4) is 0 Å². The summed E-state index contributed by atoms with van der Waals surface area (Å²) in [5.41, 5.74) is 0.216. The van der Waals surface area contributed by atoms with Crippen molar-refractivity contribution in [3.63, 3.8) is 0 Å². The van der Waals surface area contributed by atoms with E-state index >= 15 is 0 Å². The van der Waals surface area contributed by atoms with E-state index in [1.165, 1.54) is 4.88 Å². The summed E-state index contributed by atoms with van der Waals surface area (Å²) in [5.74, 6) is 0. The largest absolute Gasteiger partial charge is 0.311 e. The van der Waals surface area contributed by atoms with E-state index in [2.05, 4.69) is 55.8 Å². The van der Waals surface area contributed by atoms with Gasteiger partial charge >= 0.3 is 0 Å². The van der Waals surface area contributed by atoms with Crippen LogP contribution in [-0.2, 0) is 0 Å². The van der Waals surface area contributed by atoms with Crippen LogP contribution in [-0.4, -0.2) is 18.6 Å². The summed E-state index contributed by atoms with van der Waals surface area (Å²) in [6.07, 6.45) is 0. The van der Waals surface area contributed by atoms with Gasteiger partial charge in [-0.1, -0.05) is 6.07 Å². The van der Waals surface area contributed by atoms with Crippen molar-refractivity contribution < 1.29 is 0 Å². The van der Waals surface area contributed by atoms with Gasteiger partial charge in [-0.15, -0.1) is 11.3 Å². The monoisotopic (exact) mass is 226 g/mol. The summed E-state index contributed by atoms with van der Waals surface area (Å²) in [5, 5.41) is 9.09. The van der Waals surface area contributed by atoms with E-state index in [1.54, 1.807) is 0 Å². The second-order valence-corrected chi connectivity index (χ2v) is 5.85. The van der Waals surface area contributed by atoms with Gasteiger partial charge < -0.3 is 10.6 Å². The van der Waals surface area contributed by atoms with Gasteiger partial charge in [-0.25, -0.2) is 0 Å². The van der Waals surface area contributed by atoms with Crippen LogP contribution in [0.4, 0.5) is 0 Å². The van der Waals surface area contributed by atoms with Gasteiger partial charge in [0.25, 0.3) is 0 Å². The van der Waals surface area contributed by atoms with E-state index in [0.717, 1.165) is 13.1 Å². The molecule has 3 heteroatoms. The Labute approximate surface area is 97.1 Å². The smallest absolute Gasteiger partial charge is 0.0386 e. The molecule has 15 heavy (non-hydrogen) atoms. The predicted octanol–water partition coefficient (Wildman–Crippen LogP) is 2.79. The third-order valence-electron chi connectivity index (χ3n) is 2.20. The lowest BCUT2D eigenvalue weighted by atomic mass is 10.1. The fourth-order valence-electron chi connectivity index (χ4n) is 1.36. The molecule has 0 spiro atoms. The molecule has 0 saturated heterocycles. The maximum absolute atomic E-state index is 3.51. The number of nitrogens with one attached hydrogen (secondary N) is 2. The number of thiophene rings is 1. The van der Waals surface area contributed by atoms with Gasteiger partial charge in [0.1, 0.15) is 0 Å². The van der Waals surface area contributed by atoms with Crippen LogP contribution in [0, 0.1) is 0 Å². The van der Waals surface area contributed by atoms with Crippen LogP contribution in [0.15, 0.2) is 17.5 Å². The quantitative estimate of drug-likeness (QED) is 0.754. The zero-order valence-corrected chi connectivity index (χ0v) is 10.9. The van der Waals surface area contributed by atoms with Crippen LogP contribution < -0.4 is 10.6 Å². The molecule has 0 aliphatic heterocycles. The molecule has 2 nitrogen and oxygen atoms in total. The average Bonchev–Trinajstić information content (AvgIpc) is 2.63. The minimum atomic E-state index is 0.216. The molecule has 1 aromatic rings. The maximum Gasteiger partial charge on any atom is 0.0386 e. The van der Waals surface area contributed by atoms with Crippen molar-refractivity contribution in [2.75, 3.05) is 13.1 Å². The average molecular weight is 226 g/mol. The van der Waals surface area contributed by atoms with Crippen molar-refractivity contribution in [2.24, 2.45) is 0 Å². The van der Waals surface area contributed by atoms with Crippen LogP contribution in [0.1, 0.15) is 38.6 Å². The summed E-state index contributed by atoms with van der Waals surface area (Å²) in [4.78, 5) is 1.41. The molecule has 0 aliphatic rings. The number of hydrogen-bond donors (Lipinski definition) is 2. The minimum Gasteiger partial charge on any atom is -0.311 e. The standard InChI is InChI=1S/C12H22N2S/c1-10(11-6-5-9-15-11)13-7-8-14-12(2,3)4/h5-6,9-10,13-14H,7-8H2,1-4H3. The highest BCUT2D eigenvalue weighted by Crippen LogP contribution is 2.17. The maximum atomic E-state index is 3.51. The summed E-state index contributed by atoms with van der Waals surface area (Å²) < 4.78 is 0. The van der Waals surface area contributed by atoms with Gasteiger partial charge in [-0.3, -0.25) is 0 Å². The SMILES string of the molecule is CC(NCCNC(C)(C)C)c1cccs1. The predicted molar refractivity (Wildman–Crippen MR) is 68.5 cm³/mol. The molecule has 0 radical (unpaired) electrons. The Kier molecular flexibility index (Phi) is 4.77. The molecular weight excluding hydrogens is 204 g/mol. The first-order valence-corrected chi connectivity index (χ1v) is 6.39. The Bertz CT molecular complexity index is 262. The molecule has 0 amide bonds. The van der Waals surface area contributed by atoms with Gasteiger partial charge in [-0.2, -0.15) is 0 Å². The van der Waals surface area contributed by atoms with Crippen LogP contribution in [0.5, 0.6) is 0 Å². The molecule has 2 N–H and O–H groups in total. The molecule has 0 saturated carbocycles. The highest BCUT2D eigenvalue weighted by molar-refractivity contribution is 7.10. The number of hydrogen-bond acceptors (Lipinski definition) is 3. The molecule has 1 rings (SSSR count). The minimum absolute atomic E-state index is 0.216. The normalized spacial score (nSPS) is 14.1. The second-order valence-electron chi connectivity index (χ2n) is 4.87. The molecule has 0 fully saturated rings. The Balaban J connectivity index is 2.16. The molecule has 1 unspecified atom stereocenters. The van der Waals surface area contributed by atoms with Crippen molar-refractivity contribution in [1.29, 1.82) is 0 Å². The lowest BCUT2D eigenvalue weighted by Crippen LogP contribution is -2.40. The van der Waals surface area contributed by atoms with Crippen molar-refractivity contribution in [3.05, 3.63) is 22.4 Å². The van der Waals surface area contributed by atoms with E-state index in [1.807, 2.05) is 11.3 Å². The van der Waals surface area contributed by atoms with Gasteiger partial charge in [0, 0.05) is 29.5 Å². The lowest BCUT2D eigenvalue weighted by molar-refractivity contribution is 0.415. The zero-order valence-electron chi connectivity index (χ0n) is 10.1. The van der Waals surface area contributed by atoms with E-state index in [-0.39, 0.29) is 5.54 Å². The van der Waals surface area contributed by atoms with Crippen LogP contribution in [0.2, 0.25) is 0 Å². The van der Waals surface area contributed by atoms with Gasteiger partial charge in [0.2, 0.25) is 0 Å². The summed E-state index contributed by atoms with van der Waals surface area (Å²) >= 11 is 1.81. The third kappa shape index (κ3) is 5.30. The molecule has 0 aromatic carbocycles. The molecule has 1 atom stereocenters. The lowest BCUT2D eigenvalue weighted by Gasteiger charge is -2.21. The van der Waals surface area contributed by atoms with Gasteiger partial charge in [0.05, 0.1) is 0 Å². The fourth-order valence-corrected chi connectivity index (χ4v) is 2.12. The number of rotatable bonds is 5. The van der Waals surface area contributed by atoms with Crippen LogP contribution >= 0.6 is 11.3 Å². The molecule has 0 aliphatic carbocycles. The summed E-state index contributed by atoms with van der Waals surface area (Å²) in [7, 11) is 0. The Hall–Kier alpha value is -0.380. The van der Waals surface area contributed by atoms with E-state index < -0.39 is 0 Å². The van der Waals surface area contributed by atoms with E-state index in [0.29, 0.717) is 6.04 Å². The zero-order chi connectivity index (χ0) is 11.3. The highest BCUT2D eigenvalue weighted by atomic mass is 32.1. The second kappa shape index (κ2) is 5.64. The first kappa shape index (κ1) is 12.7. The topological polar surface area (TPSA) is 24.1 Å². The Morgan fingerprint density at radius 3 is 2.60 bits per heavy atom. The van der Waals surface area contributed by atoms with Crippen LogP contribution in [0.25, 0.3) is 0 Å². The Morgan fingerprint density at radius 2 is 2.07 bits per heavy atom. The highest BCUT2D eigenvalue weighted by Gasteiger charge is 2.08. The van der Waals surface area contributed by atoms with Crippen LogP contribution in [0.3, 0.4) is 0 Å². The van der Waals surface area contributed by atoms with Crippen molar-refractivity contribution in [2.45, 2.75) is 39.3 Å². The van der Waals surface area contributed by atoms with E-state index in [9.17, 15) is 0 Å². The third-order valence-corrected chi connectivity index (χ3v) is 3.26. The molecule has 0 bridgehead atoms. The van der Waals surface area contributed by atoms with Gasteiger partial charge in [-0.05, 0) is 39.1 Å². The van der Waals surface area contributed by atoms with Crippen molar-refractivity contribution >= 4 is 11.3 Å². The van der Waals surface area contributed by atoms with Gasteiger partial charge in [0.15, 0.2) is 0 Å². The van der Waals surface area contributed by atoms with E-state index in [4.69, 9.17) is 0 Å². The first-order chi connectivity index (χ1) is 6.99. The van der Waals surface area contributed by atoms with Crippen molar-refractivity contribution in [1.82, 2.24) is 10.6 Å².